The van der Waals surface area contributed by atoms with Crippen molar-refractivity contribution in [1.29, 1.82) is 0 Å². The summed E-state index contributed by atoms with van der Waals surface area (Å²) >= 11 is 0. The minimum atomic E-state index is -5.12. The van der Waals surface area contributed by atoms with Crippen LogP contribution in [0, 0.1) is 15.9 Å². The second-order valence-corrected chi connectivity index (χ2v) is 4.96. The highest BCUT2D eigenvalue weighted by atomic mass is 19.4. The van der Waals surface area contributed by atoms with E-state index in [1.165, 1.54) is 4.90 Å². The summed E-state index contributed by atoms with van der Waals surface area (Å²) in [6.07, 6.45) is -2.80. The van der Waals surface area contributed by atoms with Gasteiger partial charge in [-0.15, -0.1) is 0 Å². The molecule has 0 spiro atoms. The molecule has 1 heterocycles. The molecule has 0 bridgehead atoms. The molecule has 0 N–H and O–H groups in total. The summed E-state index contributed by atoms with van der Waals surface area (Å²) in [5, 5.41) is 10.7. The van der Waals surface area contributed by atoms with Crippen molar-refractivity contribution in [3.63, 3.8) is 0 Å². The van der Waals surface area contributed by atoms with Crippen molar-refractivity contribution in [2.75, 3.05) is 13.1 Å². The fourth-order valence-electron chi connectivity index (χ4n) is 2.35. The Hall–Kier alpha value is -2.19. The molecule has 1 aromatic rings. The van der Waals surface area contributed by atoms with Crippen molar-refractivity contribution < 1.29 is 27.3 Å². The van der Waals surface area contributed by atoms with E-state index in [9.17, 15) is 32.5 Å². The number of nitro benzene ring substituents is 1. The van der Waals surface area contributed by atoms with Gasteiger partial charge in [0, 0.05) is 24.7 Å². The van der Waals surface area contributed by atoms with Gasteiger partial charge in [-0.1, -0.05) is 0 Å². The van der Waals surface area contributed by atoms with Crippen LogP contribution in [0.5, 0.6) is 0 Å². The molecule has 9 heteroatoms. The highest BCUT2D eigenvalue weighted by Crippen LogP contribution is 2.36. The topological polar surface area (TPSA) is 63.4 Å². The maximum absolute atomic E-state index is 13.6. The second kappa shape index (κ2) is 5.90. The molecule has 1 saturated heterocycles. The molecule has 0 saturated carbocycles. The molecule has 22 heavy (non-hydrogen) atoms. The van der Waals surface area contributed by atoms with Crippen LogP contribution in [0.15, 0.2) is 12.1 Å². The predicted molar refractivity (Wildman–Crippen MR) is 67.8 cm³/mol. The zero-order valence-corrected chi connectivity index (χ0v) is 11.3. The zero-order valence-electron chi connectivity index (χ0n) is 11.3. The molecular formula is C13H12F4N2O3. The maximum Gasteiger partial charge on any atom is 0.419 e. The third-order valence-electron chi connectivity index (χ3n) is 3.45. The number of nitrogens with zero attached hydrogens (tertiary/aromatic N) is 2. The van der Waals surface area contributed by atoms with Crippen LogP contribution in [0.1, 0.15) is 35.2 Å². The third-order valence-corrected chi connectivity index (χ3v) is 3.45. The Kier molecular flexibility index (Phi) is 4.34. The lowest BCUT2D eigenvalue weighted by atomic mass is 10.0. The smallest absolute Gasteiger partial charge is 0.339 e. The van der Waals surface area contributed by atoms with Gasteiger partial charge in [0.05, 0.1) is 10.5 Å². The van der Waals surface area contributed by atoms with Crippen LogP contribution in [-0.2, 0) is 6.18 Å². The first-order chi connectivity index (χ1) is 10.2. The van der Waals surface area contributed by atoms with Gasteiger partial charge >= 0.3 is 11.9 Å². The van der Waals surface area contributed by atoms with Gasteiger partial charge < -0.3 is 4.90 Å². The van der Waals surface area contributed by atoms with E-state index in [0.717, 1.165) is 6.42 Å². The Morgan fingerprint density at radius 1 is 1.18 bits per heavy atom. The number of alkyl halides is 3. The quantitative estimate of drug-likeness (QED) is 0.477. The molecule has 5 nitrogen and oxygen atoms in total. The Labute approximate surface area is 122 Å². The summed E-state index contributed by atoms with van der Waals surface area (Å²) in [5.41, 5.74) is -3.68. The number of nitro groups is 1. The van der Waals surface area contributed by atoms with E-state index in [1.807, 2.05) is 0 Å². The normalized spacial score (nSPS) is 15.7. The van der Waals surface area contributed by atoms with E-state index in [-0.39, 0.29) is 0 Å². The number of carbonyl (C=O) groups excluding carboxylic acids is 1. The lowest BCUT2D eigenvalue weighted by molar-refractivity contribution is -0.387. The third kappa shape index (κ3) is 3.18. The second-order valence-electron chi connectivity index (χ2n) is 4.96. The SMILES string of the molecule is O=C(c1cc([N+](=O)[O-])c(F)c(C(F)(F)F)c1)N1CCCCC1. The zero-order chi connectivity index (χ0) is 16.5. The van der Waals surface area contributed by atoms with Crippen molar-refractivity contribution in [1.82, 2.24) is 4.90 Å². The van der Waals surface area contributed by atoms with E-state index >= 15 is 0 Å². The molecule has 120 valence electrons. The van der Waals surface area contributed by atoms with Gasteiger partial charge in [-0.2, -0.15) is 17.6 Å². The lowest BCUT2D eigenvalue weighted by Gasteiger charge is -2.27. The number of amides is 1. The van der Waals surface area contributed by atoms with Crippen molar-refractivity contribution in [3.8, 4) is 0 Å². The first-order valence-corrected chi connectivity index (χ1v) is 6.56. The van der Waals surface area contributed by atoms with E-state index < -0.39 is 39.6 Å². The van der Waals surface area contributed by atoms with Crippen LogP contribution < -0.4 is 0 Å². The number of likely N-dealkylation sites (tertiary alicyclic amines) is 1. The van der Waals surface area contributed by atoms with Gasteiger partial charge in [-0.25, -0.2) is 0 Å². The van der Waals surface area contributed by atoms with Gasteiger partial charge in [0.2, 0.25) is 5.82 Å². The predicted octanol–water partition coefficient (Wildman–Crippen LogP) is 3.38. The average molecular weight is 320 g/mol. The van der Waals surface area contributed by atoms with E-state index in [1.54, 1.807) is 0 Å². The lowest BCUT2D eigenvalue weighted by Crippen LogP contribution is -2.35. The van der Waals surface area contributed by atoms with Crippen molar-refractivity contribution in [2.24, 2.45) is 0 Å². The number of hydrogen-bond acceptors (Lipinski definition) is 3. The van der Waals surface area contributed by atoms with Crippen molar-refractivity contribution >= 4 is 11.6 Å². The number of rotatable bonds is 2. The van der Waals surface area contributed by atoms with Gasteiger partial charge in [-0.05, 0) is 25.3 Å². The fourth-order valence-corrected chi connectivity index (χ4v) is 2.35. The molecular weight excluding hydrogens is 308 g/mol. The summed E-state index contributed by atoms with van der Waals surface area (Å²) in [6.45, 7) is 0.733. The van der Waals surface area contributed by atoms with E-state index in [4.69, 9.17) is 0 Å². The minimum Gasteiger partial charge on any atom is -0.339 e. The van der Waals surface area contributed by atoms with Crippen LogP contribution >= 0.6 is 0 Å². The van der Waals surface area contributed by atoms with E-state index in [2.05, 4.69) is 0 Å². The van der Waals surface area contributed by atoms with E-state index in [0.29, 0.717) is 38.1 Å². The Bertz CT molecular complexity index is 610. The summed E-state index contributed by atoms with van der Waals surface area (Å²) in [6, 6.07) is 0.890. The molecule has 1 aliphatic rings. The molecule has 1 aromatic carbocycles. The summed E-state index contributed by atoms with van der Waals surface area (Å²) < 4.78 is 52.0. The van der Waals surface area contributed by atoms with Gasteiger partial charge in [0.1, 0.15) is 0 Å². The van der Waals surface area contributed by atoms with Crippen LogP contribution in [-0.4, -0.2) is 28.8 Å². The van der Waals surface area contributed by atoms with Crippen LogP contribution in [0.25, 0.3) is 0 Å². The largest absolute Gasteiger partial charge is 0.419 e. The van der Waals surface area contributed by atoms with Crippen LogP contribution in [0.4, 0.5) is 23.2 Å². The molecule has 1 aliphatic heterocycles. The molecule has 1 fully saturated rings. The van der Waals surface area contributed by atoms with Crippen LogP contribution in [0.2, 0.25) is 0 Å². The highest BCUT2D eigenvalue weighted by Gasteiger charge is 2.39. The maximum atomic E-state index is 13.6. The molecule has 0 aromatic heterocycles. The number of carbonyl (C=O) groups is 1. The Morgan fingerprint density at radius 3 is 2.27 bits per heavy atom. The molecule has 0 aliphatic carbocycles. The molecule has 0 radical (unpaired) electrons. The fraction of sp³-hybridized carbons (Fsp3) is 0.462. The van der Waals surface area contributed by atoms with Gasteiger partial charge in [-0.3, -0.25) is 14.9 Å². The summed E-state index contributed by atoms with van der Waals surface area (Å²) in [5.74, 6) is -2.74. The first-order valence-electron chi connectivity index (χ1n) is 6.56. The first kappa shape index (κ1) is 16.2. The van der Waals surface area contributed by atoms with Gasteiger partial charge in [0.25, 0.3) is 5.91 Å². The minimum absolute atomic E-state index is 0.333. The number of halogens is 4. The van der Waals surface area contributed by atoms with Crippen molar-refractivity contribution in [2.45, 2.75) is 25.4 Å². The molecule has 0 unspecified atom stereocenters. The summed E-state index contributed by atoms with van der Waals surface area (Å²) in [4.78, 5) is 23.0. The Morgan fingerprint density at radius 2 is 1.77 bits per heavy atom. The van der Waals surface area contributed by atoms with Gasteiger partial charge in [0.15, 0.2) is 0 Å². The Balaban J connectivity index is 2.49. The molecule has 0 atom stereocenters. The summed E-state index contributed by atoms with van der Waals surface area (Å²) in [7, 11) is 0. The average Bonchev–Trinajstić information content (AvgIpc) is 2.46. The molecule has 1 amide bonds. The highest BCUT2D eigenvalue weighted by molar-refractivity contribution is 5.95. The number of benzene rings is 1. The monoisotopic (exact) mass is 320 g/mol. The van der Waals surface area contributed by atoms with Crippen LogP contribution in [0.3, 0.4) is 0 Å². The van der Waals surface area contributed by atoms with Crippen molar-refractivity contribution in [3.05, 3.63) is 39.2 Å². The number of piperidine rings is 1. The number of hydrogen-bond donors (Lipinski definition) is 0. The molecule has 2 rings (SSSR count). The standard InChI is InChI=1S/C13H12F4N2O3/c14-11-9(13(15,16)17)6-8(7-10(11)19(21)22)12(20)18-4-2-1-3-5-18/h6-7H,1-5H2.